The number of benzene rings is 1. The molecular weight excluding hydrogens is 325 g/mol. The molecule has 1 heterocycles. The molecule has 2 aromatic rings. The van der Waals surface area contributed by atoms with E-state index in [-0.39, 0.29) is 6.42 Å². The molecule has 0 unspecified atom stereocenters. The van der Waals surface area contributed by atoms with Crippen molar-refractivity contribution in [2.24, 2.45) is 7.05 Å². The summed E-state index contributed by atoms with van der Waals surface area (Å²) in [7, 11) is 1.90. The Balaban J connectivity index is 2.31. The van der Waals surface area contributed by atoms with E-state index in [9.17, 15) is 4.79 Å². The molecular formula is C15H19Cl2N3O2. The van der Waals surface area contributed by atoms with E-state index in [0.29, 0.717) is 18.2 Å². The predicted octanol–water partition coefficient (Wildman–Crippen LogP) is 2.87. The van der Waals surface area contributed by atoms with E-state index >= 15 is 0 Å². The molecule has 0 saturated heterocycles. The van der Waals surface area contributed by atoms with E-state index in [1.54, 1.807) is 0 Å². The summed E-state index contributed by atoms with van der Waals surface area (Å²) in [6.45, 7) is 1.44. The number of alkyl halides is 2. The van der Waals surface area contributed by atoms with Crippen LogP contribution in [0.4, 0.5) is 5.69 Å². The first kappa shape index (κ1) is 16.9. The minimum Gasteiger partial charge on any atom is -0.481 e. The van der Waals surface area contributed by atoms with Gasteiger partial charge in [0.25, 0.3) is 0 Å². The van der Waals surface area contributed by atoms with Gasteiger partial charge in [0.2, 0.25) is 0 Å². The topological polar surface area (TPSA) is 58.4 Å². The molecule has 2 rings (SSSR count). The van der Waals surface area contributed by atoms with E-state index in [1.807, 2.05) is 29.8 Å². The Morgan fingerprint density at radius 3 is 2.59 bits per heavy atom. The van der Waals surface area contributed by atoms with Gasteiger partial charge in [0.15, 0.2) is 0 Å². The van der Waals surface area contributed by atoms with Crippen LogP contribution in [0.25, 0.3) is 11.0 Å². The van der Waals surface area contributed by atoms with Crippen molar-refractivity contribution in [1.29, 1.82) is 0 Å². The molecule has 0 saturated carbocycles. The van der Waals surface area contributed by atoms with Crippen molar-refractivity contribution in [2.45, 2.75) is 12.8 Å². The second-order valence-corrected chi connectivity index (χ2v) is 5.77. The molecule has 5 nitrogen and oxygen atoms in total. The highest BCUT2D eigenvalue weighted by Gasteiger charge is 2.12. The van der Waals surface area contributed by atoms with Crippen LogP contribution in [0, 0.1) is 0 Å². The van der Waals surface area contributed by atoms with Gasteiger partial charge in [0.05, 0.1) is 17.5 Å². The second kappa shape index (κ2) is 7.70. The quantitative estimate of drug-likeness (QED) is 0.748. The van der Waals surface area contributed by atoms with Crippen LogP contribution in [0.15, 0.2) is 18.2 Å². The number of halogens is 2. The average molecular weight is 344 g/mol. The highest BCUT2D eigenvalue weighted by molar-refractivity contribution is 6.18. The highest BCUT2D eigenvalue weighted by Crippen LogP contribution is 2.23. The van der Waals surface area contributed by atoms with Gasteiger partial charge in [-0.05, 0) is 18.2 Å². The van der Waals surface area contributed by atoms with Crippen LogP contribution in [-0.4, -0.2) is 45.5 Å². The summed E-state index contributed by atoms with van der Waals surface area (Å²) in [6.07, 6.45) is 0.498. The Hall–Kier alpha value is -1.46. The lowest BCUT2D eigenvalue weighted by Gasteiger charge is -2.22. The number of aliphatic carboxylic acids is 1. The maximum absolute atomic E-state index is 10.7. The number of carbonyl (C=O) groups is 1. The lowest BCUT2D eigenvalue weighted by Crippen LogP contribution is -2.27. The van der Waals surface area contributed by atoms with Crippen molar-refractivity contribution >= 4 is 45.9 Å². The third kappa shape index (κ3) is 3.84. The minimum atomic E-state index is -0.817. The molecule has 0 radical (unpaired) electrons. The van der Waals surface area contributed by atoms with E-state index in [0.717, 1.165) is 35.6 Å². The van der Waals surface area contributed by atoms with E-state index in [1.165, 1.54) is 0 Å². The lowest BCUT2D eigenvalue weighted by atomic mass is 10.2. The van der Waals surface area contributed by atoms with Crippen molar-refractivity contribution < 1.29 is 9.90 Å². The van der Waals surface area contributed by atoms with E-state index in [2.05, 4.69) is 9.88 Å². The number of nitrogens with zero attached hydrogens (tertiary/aromatic N) is 3. The normalized spacial score (nSPS) is 11.0. The summed E-state index contributed by atoms with van der Waals surface area (Å²) >= 11 is 11.7. The summed E-state index contributed by atoms with van der Waals surface area (Å²) in [5, 5.41) is 8.81. The first-order chi connectivity index (χ1) is 10.6. The van der Waals surface area contributed by atoms with E-state index in [4.69, 9.17) is 28.3 Å². The van der Waals surface area contributed by atoms with Gasteiger partial charge in [0, 0.05) is 44.0 Å². The van der Waals surface area contributed by atoms with Crippen molar-refractivity contribution in [1.82, 2.24) is 9.55 Å². The zero-order valence-electron chi connectivity index (χ0n) is 12.4. The minimum absolute atomic E-state index is 0.0780. The molecule has 0 aliphatic rings. The average Bonchev–Trinajstić information content (AvgIpc) is 2.81. The third-order valence-electron chi connectivity index (χ3n) is 3.59. The summed E-state index contributed by atoms with van der Waals surface area (Å²) in [4.78, 5) is 17.4. The molecule has 0 amide bonds. The fourth-order valence-corrected chi connectivity index (χ4v) is 2.86. The monoisotopic (exact) mass is 343 g/mol. The first-order valence-corrected chi connectivity index (χ1v) is 8.17. The maximum Gasteiger partial charge on any atom is 0.303 e. The fourth-order valence-electron chi connectivity index (χ4n) is 2.45. The number of aromatic nitrogens is 2. The first-order valence-electron chi connectivity index (χ1n) is 7.11. The van der Waals surface area contributed by atoms with Crippen LogP contribution >= 0.6 is 23.2 Å². The number of aryl methyl sites for hydroxylation is 2. The number of carboxylic acids is 1. The molecule has 0 bridgehead atoms. The molecule has 22 heavy (non-hydrogen) atoms. The van der Waals surface area contributed by atoms with Crippen LogP contribution < -0.4 is 4.90 Å². The number of hydrogen-bond donors (Lipinski definition) is 1. The molecule has 7 heteroatoms. The molecule has 1 aromatic carbocycles. The molecule has 0 fully saturated rings. The van der Waals surface area contributed by atoms with E-state index < -0.39 is 5.97 Å². The number of carboxylic acid groups (broad SMARTS) is 1. The van der Waals surface area contributed by atoms with Gasteiger partial charge in [-0.1, -0.05) is 0 Å². The Morgan fingerprint density at radius 2 is 2.00 bits per heavy atom. The van der Waals surface area contributed by atoms with Crippen molar-refractivity contribution in [3.8, 4) is 0 Å². The van der Waals surface area contributed by atoms with Gasteiger partial charge in [0.1, 0.15) is 5.82 Å². The Morgan fingerprint density at radius 1 is 1.32 bits per heavy atom. The summed E-state index contributed by atoms with van der Waals surface area (Å²) < 4.78 is 1.94. The zero-order valence-corrected chi connectivity index (χ0v) is 13.9. The summed E-state index contributed by atoms with van der Waals surface area (Å²) in [5.74, 6) is 1.01. The van der Waals surface area contributed by atoms with Crippen molar-refractivity contribution in [3.63, 3.8) is 0 Å². The number of hydrogen-bond acceptors (Lipinski definition) is 3. The number of fused-ring (bicyclic) bond motifs is 1. The largest absolute Gasteiger partial charge is 0.481 e. The van der Waals surface area contributed by atoms with Crippen molar-refractivity contribution in [2.75, 3.05) is 29.7 Å². The predicted molar refractivity (Wildman–Crippen MR) is 90.3 cm³/mol. The number of imidazole rings is 1. The Kier molecular flexibility index (Phi) is 5.91. The Bertz CT molecular complexity index is 652. The van der Waals surface area contributed by atoms with Gasteiger partial charge in [-0.2, -0.15) is 0 Å². The van der Waals surface area contributed by atoms with Crippen LogP contribution in [-0.2, 0) is 18.3 Å². The summed E-state index contributed by atoms with van der Waals surface area (Å²) in [5.41, 5.74) is 2.87. The van der Waals surface area contributed by atoms with Crippen molar-refractivity contribution in [3.05, 3.63) is 24.0 Å². The Labute approximate surface area is 139 Å². The van der Waals surface area contributed by atoms with Gasteiger partial charge in [-0.3, -0.25) is 4.79 Å². The molecule has 1 aromatic heterocycles. The maximum atomic E-state index is 10.7. The number of anilines is 1. The fraction of sp³-hybridized carbons (Fsp3) is 0.467. The molecule has 0 aliphatic carbocycles. The highest BCUT2D eigenvalue weighted by atomic mass is 35.5. The molecule has 1 N–H and O–H groups in total. The van der Waals surface area contributed by atoms with Gasteiger partial charge in [-0.25, -0.2) is 4.98 Å². The van der Waals surface area contributed by atoms with Gasteiger partial charge < -0.3 is 14.6 Å². The van der Waals surface area contributed by atoms with Crippen LogP contribution in [0.3, 0.4) is 0 Å². The van der Waals surface area contributed by atoms with Crippen LogP contribution in [0.1, 0.15) is 12.2 Å². The SMILES string of the molecule is Cn1c(CCC(=O)O)nc2cc(N(CCCl)CCCl)ccc21. The standard InChI is InChI=1S/C15H19Cl2N3O2/c1-19-13-3-2-11(20(8-6-16)9-7-17)10-12(13)18-14(19)4-5-15(21)22/h2-3,10H,4-9H2,1H3,(H,21,22). The van der Waals surface area contributed by atoms with Gasteiger partial charge >= 0.3 is 5.97 Å². The molecule has 120 valence electrons. The van der Waals surface area contributed by atoms with Crippen LogP contribution in [0.2, 0.25) is 0 Å². The second-order valence-electron chi connectivity index (χ2n) is 5.02. The third-order valence-corrected chi connectivity index (χ3v) is 3.93. The van der Waals surface area contributed by atoms with Gasteiger partial charge in [-0.15, -0.1) is 23.2 Å². The summed E-state index contributed by atoms with van der Waals surface area (Å²) in [6, 6.07) is 6.01. The molecule has 0 spiro atoms. The van der Waals surface area contributed by atoms with Crippen LogP contribution in [0.5, 0.6) is 0 Å². The molecule has 0 atom stereocenters. The zero-order chi connectivity index (χ0) is 16.1. The number of rotatable bonds is 8. The smallest absolute Gasteiger partial charge is 0.303 e. The lowest BCUT2D eigenvalue weighted by molar-refractivity contribution is -0.137. The molecule has 0 aliphatic heterocycles.